The number of nitrogens with zero attached hydrogens (tertiary/aromatic N) is 2. The van der Waals surface area contributed by atoms with E-state index in [1.54, 1.807) is 19.1 Å². The molecule has 0 amide bonds. The Morgan fingerprint density at radius 1 is 1.12 bits per heavy atom. The van der Waals surface area contributed by atoms with Gasteiger partial charge >= 0.3 is 6.18 Å². The highest BCUT2D eigenvalue weighted by molar-refractivity contribution is 5.91. The van der Waals surface area contributed by atoms with Gasteiger partial charge in [-0.05, 0) is 19.1 Å². The number of hydrogen-bond donors (Lipinski definition) is 1. The van der Waals surface area contributed by atoms with Gasteiger partial charge in [-0.1, -0.05) is 12.1 Å². The van der Waals surface area contributed by atoms with Crippen molar-refractivity contribution in [1.29, 1.82) is 0 Å². The van der Waals surface area contributed by atoms with Crippen LogP contribution in [0.5, 0.6) is 11.5 Å². The fourth-order valence-corrected chi connectivity index (χ4v) is 3.45. The summed E-state index contributed by atoms with van der Waals surface area (Å²) in [6, 6.07) is 6.51. The van der Waals surface area contributed by atoms with Crippen LogP contribution in [0.3, 0.4) is 0 Å². The summed E-state index contributed by atoms with van der Waals surface area (Å²) in [4.78, 5) is 8.75. The first-order chi connectivity index (χ1) is 16.3. The van der Waals surface area contributed by atoms with Gasteiger partial charge in [0, 0.05) is 23.6 Å². The molecular weight excluding hydrogens is 458 g/mol. The zero-order valence-electron chi connectivity index (χ0n) is 18.5. The molecule has 0 bridgehead atoms. The molecular formula is C23H23F4N3O4. The molecule has 11 heteroatoms. The first kappa shape index (κ1) is 24.0. The van der Waals surface area contributed by atoms with Crippen molar-refractivity contribution in [3.05, 3.63) is 53.1 Å². The van der Waals surface area contributed by atoms with Crippen LogP contribution < -0.4 is 14.8 Å². The Labute approximate surface area is 193 Å². The third-order valence-corrected chi connectivity index (χ3v) is 5.23. The second-order valence-electron chi connectivity index (χ2n) is 7.65. The van der Waals surface area contributed by atoms with Gasteiger partial charge in [0.25, 0.3) is 0 Å². The average Bonchev–Trinajstić information content (AvgIpc) is 2.75. The second kappa shape index (κ2) is 9.98. The monoisotopic (exact) mass is 481 g/mol. The van der Waals surface area contributed by atoms with E-state index in [9.17, 15) is 17.6 Å². The van der Waals surface area contributed by atoms with Gasteiger partial charge in [-0.15, -0.1) is 0 Å². The maximum absolute atomic E-state index is 14.4. The lowest BCUT2D eigenvalue weighted by molar-refractivity contribution is -0.140. The van der Waals surface area contributed by atoms with Crippen LogP contribution in [-0.2, 0) is 22.2 Å². The molecule has 0 atom stereocenters. The van der Waals surface area contributed by atoms with Crippen molar-refractivity contribution >= 4 is 16.7 Å². The van der Waals surface area contributed by atoms with Crippen LogP contribution in [0.15, 0.2) is 30.3 Å². The van der Waals surface area contributed by atoms with Crippen molar-refractivity contribution in [2.24, 2.45) is 0 Å². The lowest BCUT2D eigenvalue weighted by atomic mass is 10.1. The van der Waals surface area contributed by atoms with Crippen LogP contribution in [0.25, 0.3) is 10.9 Å². The third kappa shape index (κ3) is 5.31. The zero-order chi connectivity index (χ0) is 24.3. The van der Waals surface area contributed by atoms with Crippen LogP contribution >= 0.6 is 0 Å². The largest absolute Gasteiger partial charge is 0.493 e. The molecule has 0 spiro atoms. The van der Waals surface area contributed by atoms with Crippen molar-refractivity contribution in [2.45, 2.75) is 25.7 Å². The second-order valence-corrected chi connectivity index (χ2v) is 7.65. The summed E-state index contributed by atoms with van der Waals surface area (Å²) in [5.41, 5.74) is -0.917. The summed E-state index contributed by atoms with van der Waals surface area (Å²) in [6.45, 7) is 3.23. The number of aromatic nitrogens is 2. The molecule has 0 saturated carbocycles. The number of anilines is 1. The molecule has 1 fully saturated rings. The summed E-state index contributed by atoms with van der Waals surface area (Å²) >= 11 is 0. The summed E-state index contributed by atoms with van der Waals surface area (Å²) < 4.78 is 75.4. The molecule has 2 aromatic carbocycles. The number of methoxy groups -OCH3 is 1. The number of halogens is 4. The fraction of sp³-hybridized carbons (Fsp3) is 0.391. The standard InChI is InChI=1S/C23H23F4N3O4/c1-13-29-18-9-19(31-2)20(34-7-6-33-15-11-32-12-15)8-16(18)22(30-13)28-10-14-4-3-5-17(21(14)24)23(25,26)27/h3-5,8-9,15H,6-7,10-12H2,1-2H3,(H,28,29,30). The number of aryl methyl sites for hydroxylation is 1. The first-order valence-electron chi connectivity index (χ1n) is 10.5. The maximum Gasteiger partial charge on any atom is 0.419 e. The minimum atomic E-state index is -4.78. The molecule has 1 N–H and O–H groups in total. The number of alkyl halides is 3. The lowest BCUT2D eigenvalue weighted by Gasteiger charge is -2.25. The molecule has 1 aliphatic heterocycles. The third-order valence-electron chi connectivity index (χ3n) is 5.23. The van der Waals surface area contributed by atoms with Gasteiger partial charge in [-0.25, -0.2) is 14.4 Å². The summed E-state index contributed by atoms with van der Waals surface area (Å²) in [7, 11) is 1.50. The molecule has 0 aliphatic carbocycles. The van der Waals surface area contributed by atoms with E-state index in [0.29, 0.717) is 59.9 Å². The normalized spacial score (nSPS) is 14.2. The Bertz CT molecular complexity index is 1170. The number of ether oxygens (including phenoxy) is 4. The van der Waals surface area contributed by atoms with Gasteiger partial charge in [0.2, 0.25) is 0 Å². The Hall–Kier alpha value is -3.18. The topological polar surface area (TPSA) is 74.7 Å². The van der Waals surface area contributed by atoms with Gasteiger partial charge in [-0.3, -0.25) is 0 Å². The van der Waals surface area contributed by atoms with Crippen LogP contribution in [0.1, 0.15) is 17.0 Å². The molecule has 182 valence electrons. The Morgan fingerprint density at radius 3 is 2.59 bits per heavy atom. The van der Waals surface area contributed by atoms with Crippen molar-refractivity contribution in [3.8, 4) is 11.5 Å². The van der Waals surface area contributed by atoms with Crippen molar-refractivity contribution in [2.75, 3.05) is 38.9 Å². The van der Waals surface area contributed by atoms with Crippen LogP contribution in [0.2, 0.25) is 0 Å². The Kier molecular flexibility index (Phi) is 7.03. The van der Waals surface area contributed by atoms with Gasteiger partial charge in [0.15, 0.2) is 11.5 Å². The predicted molar refractivity (Wildman–Crippen MR) is 116 cm³/mol. The van der Waals surface area contributed by atoms with E-state index >= 15 is 0 Å². The van der Waals surface area contributed by atoms with Gasteiger partial charge < -0.3 is 24.3 Å². The quantitative estimate of drug-likeness (QED) is 0.356. The molecule has 0 unspecified atom stereocenters. The summed E-state index contributed by atoms with van der Waals surface area (Å²) in [5.74, 6) is 0.304. The number of hydrogen-bond acceptors (Lipinski definition) is 7. The first-order valence-corrected chi connectivity index (χ1v) is 10.5. The SMILES string of the molecule is COc1cc2nc(C)nc(NCc3cccc(C(F)(F)F)c3F)c2cc1OCCOC1COC1. The molecule has 2 heterocycles. The number of fused-ring (bicyclic) bond motifs is 1. The molecule has 34 heavy (non-hydrogen) atoms. The summed E-state index contributed by atoms with van der Waals surface area (Å²) in [5, 5.41) is 3.48. The Morgan fingerprint density at radius 2 is 1.91 bits per heavy atom. The molecule has 0 radical (unpaired) electrons. The van der Waals surface area contributed by atoms with E-state index in [2.05, 4.69) is 15.3 Å². The Balaban J connectivity index is 1.57. The number of nitrogens with one attached hydrogen (secondary N) is 1. The van der Waals surface area contributed by atoms with Crippen molar-refractivity contribution < 1.29 is 36.5 Å². The minimum Gasteiger partial charge on any atom is -0.493 e. The lowest BCUT2D eigenvalue weighted by Crippen LogP contribution is -2.37. The molecule has 4 rings (SSSR count). The van der Waals surface area contributed by atoms with E-state index in [-0.39, 0.29) is 24.8 Å². The van der Waals surface area contributed by atoms with Crippen LogP contribution in [-0.4, -0.2) is 49.6 Å². The smallest absolute Gasteiger partial charge is 0.419 e. The highest BCUT2D eigenvalue weighted by atomic mass is 19.4. The molecule has 7 nitrogen and oxygen atoms in total. The van der Waals surface area contributed by atoms with Crippen molar-refractivity contribution in [1.82, 2.24) is 9.97 Å². The molecule has 1 saturated heterocycles. The van der Waals surface area contributed by atoms with Crippen LogP contribution in [0.4, 0.5) is 23.4 Å². The highest BCUT2D eigenvalue weighted by Gasteiger charge is 2.34. The van der Waals surface area contributed by atoms with Gasteiger partial charge in [-0.2, -0.15) is 13.2 Å². The number of rotatable bonds is 9. The van der Waals surface area contributed by atoms with E-state index in [0.717, 1.165) is 0 Å². The van der Waals surface area contributed by atoms with Gasteiger partial charge in [0.1, 0.15) is 30.2 Å². The van der Waals surface area contributed by atoms with E-state index in [1.807, 2.05) is 0 Å². The average molecular weight is 481 g/mol. The fourth-order valence-electron chi connectivity index (χ4n) is 3.45. The van der Waals surface area contributed by atoms with Crippen molar-refractivity contribution in [3.63, 3.8) is 0 Å². The molecule has 1 aliphatic rings. The van der Waals surface area contributed by atoms with E-state index < -0.39 is 17.6 Å². The maximum atomic E-state index is 14.4. The van der Waals surface area contributed by atoms with E-state index in [1.165, 1.54) is 19.2 Å². The van der Waals surface area contributed by atoms with E-state index in [4.69, 9.17) is 18.9 Å². The number of benzene rings is 2. The molecule has 3 aromatic rings. The van der Waals surface area contributed by atoms with Crippen LogP contribution in [0, 0.1) is 12.7 Å². The summed E-state index contributed by atoms with van der Waals surface area (Å²) in [6.07, 6.45) is -4.71. The minimum absolute atomic E-state index is 0.0746. The predicted octanol–water partition coefficient (Wildman–Crippen LogP) is 4.51. The highest BCUT2D eigenvalue weighted by Crippen LogP contribution is 2.35. The zero-order valence-corrected chi connectivity index (χ0v) is 18.5. The molecule has 1 aromatic heterocycles. The van der Waals surface area contributed by atoms with Gasteiger partial charge in [0.05, 0.1) is 38.0 Å².